The minimum atomic E-state index is -3.56. The maximum Gasteiger partial charge on any atom is 0.247 e. The number of hydrogen-bond acceptors (Lipinski definition) is 6. The number of sulfonamides is 1. The van der Waals surface area contributed by atoms with Crippen LogP contribution < -0.4 is 0 Å². The summed E-state index contributed by atoms with van der Waals surface area (Å²) in [4.78, 5) is 2.86. The smallest absolute Gasteiger partial charge is 0.247 e. The largest absolute Gasteiger partial charge is 0.420 e. The predicted molar refractivity (Wildman–Crippen MR) is 151 cm³/mol. The number of likely N-dealkylation sites (tertiary alicyclic amines) is 1. The zero-order chi connectivity index (χ0) is 26.9. The molecule has 2 aliphatic rings. The number of rotatable bonds is 9. The molecule has 2 atom stereocenters. The lowest BCUT2D eigenvalue weighted by Gasteiger charge is -2.32. The van der Waals surface area contributed by atoms with Crippen LogP contribution in [0.4, 0.5) is 0 Å². The molecule has 3 aromatic carbocycles. The van der Waals surface area contributed by atoms with E-state index < -0.39 is 10.0 Å². The summed E-state index contributed by atoms with van der Waals surface area (Å²) >= 11 is 0. The Kier molecular flexibility index (Phi) is 7.10. The van der Waals surface area contributed by atoms with E-state index in [0.717, 1.165) is 50.4 Å². The molecule has 1 aliphatic carbocycles. The van der Waals surface area contributed by atoms with Gasteiger partial charge in [-0.15, -0.1) is 10.2 Å². The average molecular weight is 543 g/mol. The molecule has 1 saturated carbocycles. The van der Waals surface area contributed by atoms with E-state index in [1.165, 1.54) is 5.56 Å². The highest BCUT2D eigenvalue weighted by Gasteiger charge is 2.56. The molecule has 202 valence electrons. The van der Waals surface area contributed by atoms with Crippen LogP contribution in [0.1, 0.15) is 36.6 Å². The maximum atomic E-state index is 13.3. The third-order valence-electron chi connectivity index (χ3n) is 8.41. The van der Waals surface area contributed by atoms with Gasteiger partial charge in [-0.1, -0.05) is 66.7 Å². The quantitative estimate of drug-likeness (QED) is 0.290. The van der Waals surface area contributed by atoms with Gasteiger partial charge in [0.15, 0.2) is 0 Å². The van der Waals surface area contributed by atoms with Gasteiger partial charge in [0.1, 0.15) is 0 Å². The molecule has 0 amide bonds. The van der Waals surface area contributed by atoms with Crippen LogP contribution in [0.15, 0.2) is 100 Å². The summed E-state index contributed by atoms with van der Waals surface area (Å²) < 4.78 is 34.2. The van der Waals surface area contributed by atoms with Gasteiger partial charge in [0.05, 0.1) is 4.90 Å². The molecule has 1 aliphatic heterocycles. The first kappa shape index (κ1) is 25.9. The van der Waals surface area contributed by atoms with Gasteiger partial charge in [-0.05, 0) is 68.1 Å². The Hall–Kier alpha value is -3.33. The topological polar surface area (TPSA) is 79.5 Å². The Morgan fingerprint density at radius 2 is 1.51 bits per heavy atom. The molecule has 6 rings (SSSR count). The molecule has 0 unspecified atom stereocenters. The molecule has 0 bridgehead atoms. The van der Waals surface area contributed by atoms with E-state index in [1.54, 1.807) is 35.6 Å². The molecule has 7 nitrogen and oxygen atoms in total. The van der Waals surface area contributed by atoms with Crippen molar-refractivity contribution in [2.24, 2.45) is 5.92 Å². The number of benzene rings is 3. The van der Waals surface area contributed by atoms with E-state index in [1.807, 2.05) is 42.5 Å². The standard InChI is InChI=1S/C31H34N4O3S/c1-34(39(36,37)28-15-9-4-10-16-28)23-31(26-13-7-3-8-14-26)21-27(31)22-35-19-17-25(18-20-35)30-33-32-29(38-30)24-11-5-2-6-12-24/h2-16,25,27H,17-23H2,1H3/t27-,31+/m0/s1. The van der Waals surface area contributed by atoms with Crippen LogP contribution in [0.3, 0.4) is 0 Å². The van der Waals surface area contributed by atoms with Crippen molar-refractivity contribution < 1.29 is 12.8 Å². The van der Waals surface area contributed by atoms with Gasteiger partial charge in [0.2, 0.25) is 21.8 Å². The zero-order valence-electron chi connectivity index (χ0n) is 22.2. The Labute approximate surface area is 230 Å². The molecular formula is C31H34N4O3S. The van der Waals surface area contributed by atoms with Crippen molar-refractivity contribution in [1.82, 2.24) is 19.4 Å². The molecule has 2 heterocycles. The van der Waals surface area contributed by atoms with Crippen molar-refractivity contribution in [2.75, 3.05) is 33.2 Å². The molecule has 0 radical (unpaired) electrons. The number of hydrogen-bond donors (Lipinski definition) is 0. The van der Waals surface area contributed by atoms with E-state index in [2.05, 4.69) is 39.4 Å². The molecule has 1 saturated heterocycles. The molecular weight excluding hydrogens is 508 g/mol. The lowest BCUT2D eigenvalue weighted by molar-refractivity contribution is 0.187. The highest BCUT2D eigenvalue weighted by Crippen LogP contribution is 2.55. The van der Waals surface area contributed by atoms with Gasteiger partial charge in [0, 0.05) is 37.0 Å². The summed E-state index contributed by atoms with van der Waals surface area (Å²) in [7, 11) is -1.85. The van der Waals surface area contributed by atoms with Crippen molar-refractivity contribution >= 4 is 10.0 Å². The summed E-state index contributed by atoms with van der Waals surface area (Å²) in [6.45, 7) is 3.36. The van der Waals surface area contributed by atoms with Gasteiger partial charge >= 0.3 is 0 Å². The summed E-state index contributed by atoms with van der Waals surface area (Å²) in [5.41, 5.74) is 1.99. The molecule has 4 aromatic rings. The number of aromatic nitrogens is 2. The third-order valence-corrected chi connectivity index (χ3v) is 10.2. The van der Waals surface area contributed by atoms with E-state index in [-0.39, 0.29) is 11.3 Å². The lowest BCUT2D eigenvalue weighted by Crippen LogP contribution is -2.39. The normalized spacial score (nSPS) is 22.3. The van der Waals surface area contributed by atoms with Gasteiger partial charge in [-0.2, -0.15) is 0 Å². The second-order valence-electron chi connectivity index (χ2n) is 10.9. The first-order valence-corrected chi connectivity index (χ1v) is 15.1. The third kappa shape index (κ3) is 5.29. The van der Waals surface area contributed by atoms with E-state index in [0.29, 0.717) is 23.2 Å². The van der Waals surface area contributed by atoms with Crippen molar-refractivity contribution in [3.8, 4) is 11.5 Å². The highest BCUT2D eigenvalue weighted by atomic mass is 32.2. The van der Waals surface area contributed by atoms with E-state index in [9.17, 15) is 8.42 Å². The average Bonchev–Trinajstić information content (AvgIpc) is 3.43. The predicted octanol–water partition coefficient (Wildman–Crippen LogP) is 5.19. The van der Waals surface area contributed by atoms with Gasteiger partial charge in [-0.3, -0.25) is 0 Å². The molecule has 8 heteroatoms. The number of nitrogens with zero attached hydrogens (tertiary/aromatic N) is 4. The van der Waals surface area contributed by atoms with Crippen LogP contribution in [-0.2, 0) is 15.4 Å². The molecule has 39 heavy (non-hydrogen) atoms. The van der Waals surface area contributed by atoms with Crippen LogP contribution in [0, 0.1) is 5.92 Å². The Morgan fingerprint density at radius 1 is 0.897 bits per heavy atom. The first-order chi connectivity index (χ1) is 19.0. The summed E-state index contributed by atoms with van der Waals surface area (Å²) in [6, 6.07) is 29.0. The highest BCUT2D eigenvalue weighted by molar-refractivity contribution is 7.89. The van der Waals surface area contributed by atoms with Crippen LogP contribution in [-0.4, -0.2) is 61.0 Å². The molecule has 2 fully saturated rings. The minimum absolute atomic E-state index is 0.175. The second kappa shape index (κ2) is 10.7. The second-order valence-corrected chi connectivity index (χ2v) is 12.9. The van der Waals surface area contributed by atoms with Crippen LogP contribution in [0.25, 0.3) is 11.5 Å². The number of piperidine rings is 1. The maximum absolute atomic E-state index is 13.3. The van der Waals surface area contributed by atoms with Crippen molar-refractivity contribution in [2.45, 2.75) is 35.5 Å². The van der Waals surface area contributed by atoms with Crippen LogP contribution in [0.2, 0.25) is 0 Å². The van der Waals surface area contributed by atoms with Crippen LogP contribution >= 0.6 is 0 Å². The fourth-order valence-electron chi connectivity index (χ4n) is 6.05. The van der Waals surface area contributed by atoms with Crippen molar-refractivity contribution in [3.63, 3.8) is 0 Å². The fourth-order valence-corrected chi connectivity index (χ4v) is 7.32. The summed E-state index contributed by atoms with van der Waals surface area (Å²) in [5, 5.41) is 8.64. The van der Waals surface area contributed by atoms with Crippen molar-refractivity contribution in [1.29, 1.82) is 0 Å². The molecule has 0 spiro atoms. The van der Waals surface area contributed by atoms with Gasteiger partial charge in [-0.25, -0.2) is 12.7 Å². The zero-order valence-corrected chi connectivity index (χ0v) is 23.0. The Morgan fingerprint density at radius 3 is 2.18 bits per heavy atom. The molecule has 1 aromatic heterocycles. The minimum Gasteiger partial charge on any atom is -0.420 e. The van der Waals surface area contributed by atoms with Crippen LogP contribution in [0.5, 0.6) is 0 Å². The van der Waals surface area contributed by atoms with E-state index in [4.69, 9.17) is 4.42 Å². The Balaban J connectivity index is 1.11. The van der Waals surface area contributed by atoms with Gasteiger partial charge < -0.3 is 9.32 Å². The SMILES string of the molecule is CN(C[C@@]1(c2ccccc2)C[C@H]1CN1CCC(c2nnc(-c3ccccc3)o2)CC1)S(=O)(=O)c1ccccc1. The summed E-state index contributed by atoms with van der Waals surface area (Å²) in [6.07, 6.45) is 2.93. The lowest BCUT2D eigenvalue weighted by atomic mass is 9.92. The first-order valence-electron chi connectivity index (χ1n) is 13.6. The monoisotopic (exact) mass is 542 g/mol. The van der Waals surface area contributed by atoms with Crippen molar-refractivity contribution in [3.05, 3.63) is 102 Å². The summed E-state index contributed by atoms with van der Waals surface area (Å²) in [5.74, 6) is 1.98. The Bertz CT molecular complexity index is 1490. The van der Waals surface area contributed by atoms with Gasteiger partial charge in [0.25, 0.3) is 0 Å². The fraction of sp³-hybridized carbons (Fsp3) is 0.355. The van der Waals surface area contributed by atoms with E-state index >= 15 is 0 Å². The number of likely N-dealkylation sites (N-methyl/N-ethyl adjacent to an activating group) is 1. The molecule has 0 N–H and O–H groups in total.